The summed E-state index contributed by atoms with van der Waals surface area (Å²) in [5, 5.41) is 10.5. The zero-order valence-electron chi connectivity index (χ0n) is 10.6. The molecule has 2 N–H and O–H groups in total. The van der Waals surface area contributed by atoms with E-state index in [0.717, 1.165) is 12.2 Å². The minimum atomic E-state index is 0.352. The van der Waals surface area contributed by atoms with Crippen molar-refractivity contribution in [3.8, 4) is 0 Å². The molecular weight excluding hydrogens is 210 g/mol. The standard InChI is InChI=1S/C14H19N3/c1-10-6-4-5-7-14(10)12(3)15-8-13-9-16-17-11(13)2/h4-7,9,12,15H,8H2,1-3H3,(H,16,17). The van der Waals surface area contributed by atoms with Gasteiger partial charge in [0.1, 0.15) is 0 Å². The Balaban J connectivity index is 2.01. The Bertz CT molecular complexity index is 488. The first-order valence-electron chi connectivity index (χ1n) is 5.96. The molecule has 3 nitrogen and oxygen atoms in total. The Kier molecular flexibility index (Phi) is 3.59. The molecule has 0 saturated heterocycles. The fourth-order valence-corrected chi connectivity index (χ4v) is 2.00. The SMILES string of the molecule is Cc1ccccc1C(C)NCc1cn[nH]c1C. The van der Waals surface area contributed by atoms with E-state index in [1.807, 2.05) is 13.1 Å². The highest BCUT2D eigenvalue weighted by Gasteiger charge is 2.08. The molecule has 3 heteroatoms. The third-order valence-corrected chi connectivity index (χ3v) is 3.19. The lowest BCUT2D eigenvalue weighted by molar-refractivity contribution is 0.571. The van der Waals surface area contributed by atoms with Gasteiger partial charge in [-0.05, 0) is 31.9 Å². The largest absolute Gasteiger partial charge is 0.306 e. The molecule has 2 aromatic rings. The molecule has 0 aliphatic rings. The molecular formula is C14H19N3. The second kappa shape index (κ2) is 5.15. The van der Waals surface area contributed by atoms with Crippen molar-refractivity contribution in [2.45, 2.75) is 33.4 Å². The Labute approximate surface area is 102 Å². The highest BCUT2D eigenvalue weighted by atomic mass is 15.1. The van der Waals surface area contributed by atoms with Crippen LogP contribution in [0.2, 0.25) is 0 Å². The summed E-state index contributed by atoms with van der Waals surface area (Å²) in [6.45, 7) is 7.23. The summed E-state index contributed by atoms with van der Waals surface area (Å²) in [6.07, 6.45) is 1.88. The van der Waals surface area contributed by atoms with Crippen LogP contribution in [0.1, 0.15) is 35.3 Å². The van der Waals surface area contributed by atoms with Gasteiger partial charge in [0, 0.05) is 23.8 Å². The average Bonchev–Trinajstić information content (AvgIpc) is 2.72. The normalized spacial score (nSPS) is 12.6. The highest BCUT2D eigenvalue weighted by Crippen LogP contribution is 2.17. The number of H-pyrrole nitrogens is 1. The number of aryl methyl sites for hydroxylation is 2. The van der Waals surface area contributed by atoms with Crippen molar-refractivity contribution < 1.29 is 0 Å². The van der Waals surface area contributed by atoms with Crippen LogP contribution in [0.4, 0.5) is 0 Å². The van der Waals surface area contributed by atoms with Crippen LogP contribution in [0, 0.1) is 13.8 Å². The van der Waals surface area contributed by atoms with Crippen LogP contribution < -0.4 is 5.32 Å². The molecule has 0 spiro atoms. The minimum Gasteiger partial charge on any atom is -0.306 e. The molecule has 2 rings (SSSR count). The maximum atomic E-state index is 4.02. The van der Waals surface area contributed by atoms with Gasteiger partial charge >= 0.3 is 0 Å². The van der Waals surface area contributed by atoms with E-state index in [1.165, 1.54) is 16.7 Å². The van der Waals surface area contributed by atoms with Crippen LogP contribution >= 0.6 is 0 Å². The molecule has 0 aliphatic heterocycles. The number of aromatic nitrogens is 2. The molecule has 90 valence electrons. The first-order chi connectivity index (χ1) is 8.18. The third kappa shape index (κ3) is 2.74. The van der Waals surface area contributed by atoms with Gasteiger partial charge in [0.25, 0.3) is 0 Å². The Morgan fingerprint density at radius 3 is 2.71 bits per heavy atom. The summed E-state index contributed by atoms with van der Waals surface area (Å²) in [5.41, 5.74) is 5.05. The van der Waals surface area contributed by atoms with Crippen molar-refractivity contribution in [2.24, 2.45) is 0 Å². The second-order valence-corrected chi connectivity index (χ2v) is 4.48. The molecule has 0 amide bonds. The maximum Gasteiger partial charge on any atom is 0.0535 e. The van der Waals surface area contributed by atoms with Crippen LogP contribution in [0.15, 0.2) is 30.5 Å². The maximum absolute atomic E-state index is 4.02. The van der Waals surface area contributed by atoms with Crippen molar-refractivity contribution in [1.82, 2.24) is 15.5 Å². The number of hydrogen-bond donors (Lipinski definition) is 2. The molecule has 1 aromatic heterocycles. The molecule has 17 heavy (non-hydrogen) atoms. The van der Waals surface area contributed by atoms with Crippen LogP contribution in [0.3, 0.4) is 0 Å². The molecule has 1 unspecified atom stereocenters. The smallest absolute Gasteiger partial charge is 0.0535 e. The molecule has 0 bridgehead atoms. The summed E-state index contributed by atoms with van der Waals surface area (Å²) < 4.78 is 0. The molecule has 1 atom stereocenters. The third-order valence-electron chi connectivity index (χ3n) is 3.19. The Morgan fingerprint density at radius 2 is 2.06 bits per heavy atom. The minimum absolute atomic E-state index is 0.352. The zero-order valence-corrected chi connectivity index (χ0v) is 10.6. The van der Waals surface area contributed by atoms with E-state index in [0.29, 0.717) is 6.04 Å². The van der Waals surface area contributed by atoms with Crippen molar-refractivity contribution in [3.63, 3.8) is 0 Å². The van der Waals surface area contributed by atoms with Crippen molar-refractivity contribution in [2.75, 3.05) is 0 Å². The average molecular weight is 229 g/mol. The first-order valence-corrected chi connectivity index (χ1v) is 5.96. The van der Waals surface area contributed by atoms with Crippen molar-refractivity contribution in [1.29, 1.82) is 0 Å². The number of aromatic amines is 1. The number of hydrogen-bond acceptors (Lipinski definition) is 2. The number of nitrogens with one attached hydrogen (secondary N) is 2. The monoisotopic (exact) mass is 229 g/mol. The van der Waals surface area contributed by atoms with Crippen molar-refractivity contribution >= 4 is 0 Å². The van der Waals surface area contributed by atoms with E-state index in [4.69, 9.17) is 0 Å². The zero-order chi connectivity index (χ0) is 12.3. The van der Waals surface area contributed by atoms with Gasteiger partial charge in [0.2, 0.25) is 0 Å². The fourth-order valence-electron chi connectivity index (χ4n) is 2.00. The Morgan fingerprint density at radius 1 is 1.29 bits per heavy atom. The Hall–Kier alpha value is -1.61. The van der Waals surface area contributed by atoms with Gasteiger partial charge in [0.15, 0.2) is 0 Å². The number of rotatable bonds is 4. The molecule has 1 aromatic carbocycles. The van der Waals surface area contributed by atoms with Crippen molar-refractivity contribution in [3.05, 3.63) is 52.8 Å². The molecule has 0 radical (unpaired) electrons. The quantitative estimate of drug-likeness (QED) is 0.846. The van der Waals surface area contributed by atoms with Crippen LogP contribution in [-0.2, 0) is 6.54 Å². The topological polar surface area (TPSA) is 40.7 Å². The van der Waals surface area contributed by atoms with Gasteiger partial charge in [0.05, 0.1) is 6.20 Å². The molecule has 0 saturated carbocycles. The van der Waals surface area contributed by atoms with Gasteiger partial charge in [-0.3, -0.25) is 5.10 Å². The van der Waals surface area contributed by atoms with Gasteiger partial charge < -0.3 is 5.32 Å². The van der Waals surface area contributed by atoms with Crippen LogP contribution in [0.25, 0.3) is 0 Å². The predicted octanol–water partition coefficient (Wildman–Crippen LogP) is 2.88. The van der Waals surface area contributed by atoms with E-state index in [-0.39, 0.29) is 0 Å². The summed E-state index contributed by atoms with van der Waals surface area (Å²) in [6, 6.07) is 8.84. The number of benzene rings is 1. The van der Waals surface area contributed by atoms with Crippen LogP contribution in [-0.4, -0.2) is 10.2 Å². The molecule has 0 fully saturated rings. The van der Waals surface area contributed by atoms with E-state index < -0.39 is 0 Å². The van der Waals surface area contributed by atoms with E-state index in [9.17, 15) is 0 Å². The summed E-state index contributed by atoms with van der Waals surface area (Å²) >= 11 is 0. The van der Waals surface area contributed by atoms with Gasteiger partial charge in [-0.25, -0.2) is 0 Å². The van der Waals surface area contributed by atoms with E-state index in [2.05, 4.69) is 53.6 Å². The lowest BCUT2D eigenvalue weighted by Gasteiger charge is -2.16. The van der Waals surface area contributed by atoms with Gasteiger partial charge in [-0.1, -0.05) is 24.3 Å². The summed E-state index contributed by atoms with van der Waals surface area (Å²) in [4.78, 5) is 0. The summed E-state index contributed by atoms with van der Waals surface area (Å²) in [7, 11) is 0. The highest BCUT2D eigenvalue weighted by molar-refractivity contribution is 5.28. The first kappa shape index (κ1) is 11.9. The number of nitrogens with zero attached hydrogens (tertiary/aromatic N) is 1. The van der Waals surface area contributed by atoms with Crippen LogP contribution in [0.5, 0.6) is 0 Å². The molecule has 1 heterocycles. The molecule has 0 aliphatic carbocycles. The second-order valence-electron chi connectivity index (χ2n) is 4.48. The summed E-state index contributed by atoms with van der Waals surface area (Å²) in [5.74, 6) is 0. The lowest BCUT2D eigenvalue weighted by Crippen LogP contribution is -2.19. The van der Waals surface area contributed by atoms with Gasteiger partial charge in [-0.15, -0.1) is 0 Å². The predicted molar refractivity (Wildman–Crippen MR) is 69.8 cm³/mol. The van der Waals surface area contributed by atoms with Gasteiger partial charge in [-0.2, -0.15) is 5.10 Å². The fraction of sp³-hybridized carbons (Fsp3) is 0.357. The lowest BCUT2D eigenvalue weighted by atomic mass is 10.0. The van der Waals surface area contributed by atoms with E-state index >= 15 is 0 Å². The van der Waals surface area contributed by atoms with E-state index in [1.54, 1.807) is 0 Å².